The van der Waals surface area contributed by atoms with Crippen LogP contribution in [0.4, 0.5) is 5.69 Å². The van der Waals surface area contributed by atoms with Gasteiger partial charge in [-0.1, -0.05) is 13.0 Å². The van der Waals surface area contributed by atoms with Crippen LogP contribution in [0, 0.1) is 10.1 Å². The molecule has 0 bridgehead atoms. The molecule has 142 valence electrons. The Bertz CT molecular complexity index is 900. The number of rotatable bonds is 9. The van der Waals surface area contributed by atoms with E-state index >= 15 is 0 Å². The zero-order valence-corrected chi connectivity index (χ0v) is 16.0. The predicted molar refractivity (Wildman–Crippen MR) is 95.3 cm³/mol. The molecule has 26 heavy (non-hydrogen) atoms. The molecule has 0 aliphatic carbocycles. The number of nitrogens with one attached hydrogen (secondary N) is 1. The molecule has 2 atom stereocenters. The summed E-state index contributed by atoms with van der Waals surface area (Å²) in [5.41, 5.74) is -0.189. The summed E-state index contributed by atoms with van der Waals surface area (Å²) < 4.78 is 49.7. The van der Waals surface area contributed by atoms with E-state index in [9.17, 15) is 23.1 Å². The largest absolute Gasteiger partial charge is 0.422 e. The number of benzene rings is 1. The van der Waals surface area contributed by atoms with Gasteiger partial charge in [-0.25, -0.2) is 23.5 Å². The number of nitrogens with two attached hydrogens (primary N) is 1. The fourth-order valence-corrected chi connectivity index (χ4v) is 6.24. The van der Waals surface area contributed by atoms with Crippen LogP contribution in [0.2, 0.25) is 0 Å². The standard InChI is InChI=1S/C13H16N3O7PS2/c1-2-12(15-26(20,21)13-4-3-9-25-13)24(19,23-14)22-11-7-5-10(6-8-11)16(17)18/h3-9,12,15H,2,14H2,1H3. The van der Waals surface area contributed by atoms with E-state index < -0.39 is 28.3 Å². The number of nitro groups is 1. The van der Waals surface area contributed by atoms with Crippen LogP contribution >= 0.6 is 18.9 Å². The summed E-state index contributed by atoms with van der Waals surface area (Å²) in [5.74, 6) is 3.85. The Morgan fingerprint density at radius 3 is 2.46 bits per heavy atom. The summed E-state index contributed by atoms with van der Waals surface area (Å²) in [6.45, 7) is 1.58. The summed E-state index contributed by atoms with van der Waals surface area (Å²) in [6.07, 6.45) is 0.0616. The molecule has 13 heteroatoms. The van der Waals surface area contributed by atoms with Crippen molar-refractivity contribution in [3.05, 3.63) is 51.9 Å². The summed E-state index contributed by atoms with van der Waals surface area (Å²) in [5, 5.41) is 12.3. The second kappa shape index (κ2) is 8.25. The minimum atomic E-state index is -4.15. The van der Waals surface area contributed by atoms with Crippen molar-refractivity contribution in [3.8, 4) is 5.75 Å². The first kappa shape index (κ1) is 20.5. The van der Waals surface area contributed by atoms with E-state index in [0.717, 1.165) is 23.5 Å². The monoisotopic (exact) mass is 421 g/mol. The van der Waals surface area contributed by atoms with Gasteiger partial charge in [0.05, 0.1) is 4.92 Å². The molecule has 2 rings (SSSR count). The minimum Gasteiger partial charge on any atom is -0.422 e. The minimum absolute atomic E-state index is 0.0156. The maximum absolute atomic E-state index is 12.9. The van der Waals surface area contributed by atoms with Gasteiger partial charge in [-0.05, 0) is 30.0 Å². The van der Waals surface area contributed by atoms with Crippen molar-refractivity contribution in [1.29, 1.82) is 0 Å². The van der Waals surface area contributed by atoms with Crippen LogP contribution in [0.1, 0.15) is 13.3 Å². The number of hydrogen-bond donors (Lipinski definition) is 2. The zero-order valence-electron chi connectivity index (χ0n) is 13.5. The highest BCUT2D eigenvalue weighted by Crippen LogP contribution is 2.52. The number of non-ortho nitro benzene ring substituents is 1. The van der Waals surface area contributed by atoms with E-state index in [1.165, 1.54) is 18.2 Å². The second-order valence-corrected chi connectivity index (χ2v) is 9.95. The number of nitro benzene ring substituents is 1. The third-order valence-corrected chi connectivity index (χ3v) is 8.31. The van der Waals surface area contributed by atoms with Crippen molar-refractivity contribution >= 4 is 34.6 Å². The quantitative estimate of drug-likeness (QED) is 0.356. The van der Waals surface area contributed by atoms with Crippen molar-refractivity contribution in [1.82, 2.24) is 4.72 Å². The highest BCUT2D eigenvalue weighted by Gasteiger charge is 2.39. The van der Waals surface area contributed by atoms with Crippen molar-refractivity contribution in [2.45, 2.75) is 23.3 Å². The topological polar surface area (TPSA) is 151 Å². The maximum atomic E-state index is 12.9. The smallest absolute Gasteiger partial charge is 0.413 e. The van der Waals surface area contributed by atoms with E-state index in [1.54, 1.807) is 18.4 Å². The predicted octanol–water partition coefficient (Wildman–Crippen LogP) is 2.83. The van der Waals surface area contributed by atoms with Crippen LogP contribution in [0.15, 0.2) is 46.0 Å². The highest BCUT2D eigenvalue weighted by atomic mass is 32.2. The van der Waals surface area contributed by atoms with Gasteiger partial charge in [0.1, 0.15) is 15.7 Å². The molecule has 0 radical (unpaired) electrons. The molecular formula is C13H16N3O7PS2. The van der Waals surface area contributed by atoms with Gasteiger partial charge in [0.25, 0.3) is 15.7 Å². The fourth-order valence-electron chi connectivity index (χ4n) is 1.96. The summed E-state index contributed by atoms with van der Waals surface area (Å²) in [7, 11) is -8.09. The first-order valence-corrected chi connectivity index (χ1v) is 11.2. The Balaban J connectivity index is 2.24. The average Bonchev–Trinajstić information content (AvgIpc) is 3.15. The molecule has 0 saturated heterocycles. The SMILES string of the molecule is CCC(NS(=O)(=O)c1cccs1)P(=O)(ON)Oc1ccc([N+](=O)[O-])cc1. The molecule has 1 aromatic carbocycles. The van der Waals surface area contributed by atoms with Crippen LogP contribution in [-0.4, -0.2) is 19.1 Å². The van der Waals surface area contributed by atoms with Gasteiger partial charge in [0, 0.05) is 12.1 Å². The lowest BCUT2D eigenvalue weighted by atomic mass is 10.3. The third kappa shape index (κ3) is 4.67. The van der Waals surface area contributed by atoms with Gasteiger partial charge < -0.3 is 4.52 Å². The van der Waals surface area contributed by atoms with Crippen molar-refractivity contribution in [2.75, 3.05) is 0 Å². The van der Waals surface area contributed by atoms with Gasteiger partial charge in [-0.3, -0.25) is 10.1 Å². The van der Waals surface area contributed by atoms with Crippen LogP contribution in [0.3, 0.4) is 0 Å². The molecular weight excluding hydrogens is 405 g/mol. The van der Waals surface area contributed by atoms with E-state index in [1.807, 2.05) is 0 Å². The van der Waals surface area contributed by atoms with Gasteiger partial charge in [0.15, 0.2) is 0 Å². The van der Waals surface area contributed by atoms with Crippen LogP contribution < -0.4 is 15.1 Å². The normalized spacial score (nSPS) is 15.2. The number of sulfonamides is 1. The number of thiophene rings is 1. The van der Waals surface area contributed by atoms with Crippen LogP contribution in [0.25, 0.3) is 0 Å². The van der Waals surface area contributed by atoms with E-state index in [4.69, 9.17) is 10.4 Å². The summed E-state index contributed by atoms with van der Waals surface area (Å²) in [6, 6.07) is 7.67. The Hall–Kier alpha value is -1.82. The average molecular weight is 421 g/mol. The third-order valence-electron chi connectivity index (χ3n) is 3.25. The first-order valence-electron chi connectivity index (χ1n) is 7.20. The number of nitrogens with zero attached hydrogens (tertiary/aromatic N) is 1. The molecule has 1 heterocycles. The summed E-state index contributed by atoms with van der Waals surface area (Å²) in [4.78, 5) is 10.1. The molecule has 0 aliphatic heterocycles. The van der Waals surface area contributed by atoms with E-state index in [-0.39, 0.29) is 22.1 Å². The Labute approximate surface area is 153 Å². The second-order valence-electron chi connectivity index (χ2n) is 4.96. The van der Waals surface area contributed by atoms with E-state index in [0.29, 0.717) is 0 Å². The molecule has 0 spiro atoms. The van der Waals surface area contributed by atoms with Crippen molar-refractivity contribution in [2.24, 2.45) is 5.90 Å². The lowest BCUT2D eigenvalue weighted by Gasteiger charge is -2.24. The lowest BCUT2D eigenvalue weighted by Crippen LogP contribution is -2.36. The Kier molecular flexibility index (Phi) is 6.50. The molecule has 2 aromatic rings. The van der Waals surface area contributed by atoms with Crippen molar-refractivity contribution in [3.63, 3.8) is 0 Å². The maximum Gasteiger partial charge on any atom is 0.413 e. The molecule has 0 amide bonds. The van der Waals surface area contributed by atoms with Crippen molar-refractivity contribution < 1.29 is 27.1 Å². The van der Waals surface area contributed by atoms with Crippen LogP contribution in [-0.2, 0) is 19.2 Å². The molecule has 2 unspecified atom stereocenters. The lowest BCUT2D eigenvalue weighted by molar-refractivity contribution is -0.384. The number of hydrogen-bond acceptors (Lipinski definition) is 9. The first-order chi connectivity index (χ1) is 12.2. The Morgan fingerprint density at radius 2 is 2.00 bits per heavy atom. The van der Waals surface area contributed by atoms with Gasteiger partial charge in [-0.2, -0.15) is 4.72 Å². The Morgan fingerprint density at radius 1 is 1.35 bits per heavy atom. The van der Waals surface area contributed by atoms with E-state index in [2.05, 4.69) is 9.35 Å². The molecule has 0 aliphatic rings. The van der Waals surface area contributed by atoms with Gasteiger partial charge in [-0.15, -0.1) is 11.3 Å². The molecule has 0 saturated carbocycles. The highest BCUT2D eigenvalue weighted by molar-refractivity contribution is 7.91. The van der Waals surface area contributed by atoms with Gasteiger partial charge in [0.2, 0.25) is 0 Å². The van der Waals surface area contributed by atoms with Crippen LogP contribution in [0.5, 0.6) is 5.75 Å². The molecule has 1 aromatic heterocycles. The summed E-state index contributed by atoms with van der Waals surface area (Å²) >= 11 is 0.992. The molecule has 0 fully saturated rings. The zero-order chi connectivity index (χ0) is 19.4. The molecule has 3 N–H and O–H groups in total. The van der Waals surface area contributed by atoms with Gasteiger partial charge >= 0.3 is 7.60 Å². The molecule has 10 nitrogen and oxygen atoms in total. The fraction of sp³-hybridized carbons (Fsp3) is 0.231.